The van der Waals surface area contributed by atoms with Crippen LogP contribution in [0, 0.1) is 0 Å². The molecule has 1 aromatic rings. The number of hydrogen-bond acceptors (Lipinski definition) is 3. The Morgan fingerprint density at radius 1 is 0.632 bits per heavy atom. The monoisotopic (exact) mass is 621 g/mol. The highest BCUT2D eigenvalue weighted by molar-refractivity contribution is 7.87. The van der Waals surface area contributed by atoms with Gasteiger partial charge in [-0.1, -0.05) is 13.0 Å². The third kappa shape index (κ3) is 5.20. The van der Waals surface area contributed by atoms with Crippen molar-refractivity contribution in [3.05, 3.63) is 30.6 Å². The molecule has 0 spiro atoms. The highest BCUT2D eigenvalue weighted by Gasteiger charge is 2.96. The number of rotatable bonds is 10. The molecular weight excluding hydrogens is 609 g/mol. The van der Waals surface area contributed by atoms with Crippen molar-refractivity contribution < 1.29 is 87.6 Å². The summed E-state index contributed by atoms with van der Waals surface area (Å²) in [5.74, 6) is -58.5. The van der Waals surface area contributed by atoms with Crippen LogP contribution in [0.5, 0.6) is 0 Å². The maximum absolute atomic E-state index is 13.4. The minimum Gasteiger partial charge on any atom is -0.281 e. The van der Waals surface area contributed by atoms with Crippen molar-refractivity contribution in [2.24, 2.45) is 0 Å². The molecule has 38 heavy (non-hydrogen) atoms. The Labute approximate surface area is 200 Å². The van der Waals surface area contributed by atoms with Crippen LogP contribution in [0.1, 0.15) is 13.3 Å². The number of nitrogens with zero attached hydrogens (tertiary/aromatic N) is 1. The van der Waals surface area contributed by atoms with Gasteiger partial charge in [0.05, 0.1) is 0 Å². The van der Waals surface area contributed by atoms with E-state index >= 15 is 0 Å². The molecule has 0 aromatic carbocycles. The third-order valence-electron chi connectivity index (χ3n) is 4.40. The SMILES string of the molecule is CCC(F)C(F)(F)C(F)(F)C(F)(F)C(F)(F)C(F)(F)C(F)(F)C(F)(F)C(F)(F)S(=O)(=O)O.c1ccncc1. The van der Waals surface area contributed by atoms with E-state index in [4.69, 9.17) is 4.55 Å². The Balaban J connectivity index is 0.00000198. The van der Waals surface area contributed by atoms with E-state index in [0.717, 1.165) is 0 Å². The van der Waals surface area contributed by atoms with Crippen LogP contribution in [-0.4, -0.2) is 70.8 Å². The van der Waals surface area contributed by atoms with Crippen molar-refractivity contribution in [1.29, 1.82) is 0 Å². The molecule has 1 rings (SSSR count). The topological polar surface area (TPSA) is 67.3 Å². The molecule has 0 aliphatic heterocycles. The van der Waals surface area contributed by atoms with Crippen LogP contribution in [0.3, 0.4) is 0 Å². The predicted molar refractivity (Wildman–Crippen MR) is 90.5 cm³/mol. The first-order valence-electron chi connectivity index (χ1n) is 8.97. The second-order valence-corrected chi connectivity index (χ2v) is 8.42. The fourth-order valence-electron chi connectivity index (χ4n) is 2.11. The van der Waals surface area contributed by atoms with Crippen LogP contribution in [0.25, 0.3) is 0 Å². The summed E-state index contributed by atoms with van der Waals surface area (Å²) in [4.78, 5) is 3.78. The Morgan fingerprint density at radius 3 is 1.18 bits per heavy atom. The molecule has 22 heteroatoms. The van der Waals surface area contributed by atoms with Gasteiger partial charge in [-0.3, -0.25) is 9.54 Å². The average Bonchev–Trinajstić information content (AvgIpc) is 2.78. The van der Waals surface area contributed by atoms with Gasteiger partial charge in [-0.05, 0) is 18.6 Å². The minimum absolute atomic E-state index is 0.200. The molecule has 1 aromatic heterocycles. The molecule has 0 aliphatic carbocycles. The molecule has 1 heterocycles. The van der Waals surface area contributed by atoms with Crippen LogP contribution in [-0.2, 0) is 10.1 Å². The molecule has 1 N–H and O–H groups in total. The van der Waals surface area contributed by atoms with Crippen molar-refractivity contribution in [2.75, 3.05) is 0 Å². The molecule has 0 saturated carbocycles. The summed E-state index contributed by atoms with van der Waals surface area (Å²) in [5, 5.41) is -7.84. The first kappa shape index (κ1) is 35.9. The van der Waals surface area contributed by atoms with Crippen molar-refractivity contribution >= 4 is 10.1 Å². The lowest BCUT2D eigenvalue weighted by atomic mass is 9.88. The molecule has 0 fully saturated rings. The Kier molecular flexibility index (Phi) is 9.86. The number of halogens is 17. The van der Waals surface area contributed by atoms with Gasteiger partial charge in [0.15, 0.2) is 6.17 Å². The largest absolute Gasteiger partial charge is 0.438 e. The van der Waals surface area contributed by atoms with E-state index in [1.165, 1.54) is 0 Å². The molecule has 224 valence electrons. The summed E-state index contributed by atoms with van der Waals surface area (Å²) in [7, 11) is -7.90. The van der Waals surface area contributed by atoms with Crippen LogP contribution >= 0.6 is 0 Å². The molecule has 4 nitrogen and oxygen atoms in total. The maximum atomic E-state index is 13.4. The van der Waals surface area contributed by atoms with Gasteiger partial charge in [0.2, 0.25) is 0 Å². The van der Waals surface area contributed by atoms with Crippen LogP contribution < -0.4 is 0 Å². The molecule has 0 saturated heterocycles. The van der Waals surface area contributed by atoms with Gasteiger partial charge in [-0.2, -0.15) is 78.7 Å². The fourth-order valence-corrected chi connectivity index (χ4v) is 2.56. The molecular formula is C16H12F17NO3S. The van der Waals surface area contributed by atoms with Gasteiger partial charge < -0.3 is 0 Å². The number of hydrogen-bond donors (Lipinski definition) is 1. The Hall–Kier alpha value is -2.13. The first-order chi connectivity index (χ1) is 16.5. The molecule has 0 bridgehead atoms. The summed E-state index contributed by atoms with van der Waals surface area (Å²) in [6.45, 7) is 0.200. The number of aromatic nitrogens is 1. The summed E-state index contributed by atoms with van der Waals surface area (Å²) < 4.78 is 252. The molecule has 1 atom stereocenters. The van der Waals surface area contributed by atoms with E-state index in [0.29, 0.717) is 0 Å². The minimum atomic E-state index is -8.86. The van der Waals surface area contributed by atoms with Crippen molar-refractivity contribution in [3.8, 4) is 0 Å². The first-order valence-corrected chi connectivity index (χ1v) is 10.4. The van der Waals surface area contributed by atoms with Crippen molar-refractivity contribution in [2.45, 2.75) is 66.2 Å². The Bertz CT molecular complexity index is 1000. The summed E-state index contributed by atoms with van der Waals surface area (Å²) in [6.07, 6.45) is -2.92. The van der Waals surface area contributed by atoms with E-state index in [2.05, 4.69) is 4.98 Å². The van der Waals surface area contributed by atoms with Crippen LogP contribution in [0.4, 0.5) is 74.6 Å². The smallest absolute Gasteiger partial charge is 0.281 e. The van der Waals surface area contributed by atoms with Gasteiger partial charge in [0.1, 0.15) is 0 Å². The van der Waals surface area contributed by atoms with E-state index in [1.807, 2.05) is 18.2 Å². The van der Waals surface area contributed by atoms with E-state index < -0.39 is 69.4 Å². The zero-order valence-electron chi connectivity index (χ0n) is 17.7. The van der Waals surface area contributed by atoms with Gasteiger partial charge in [-0.25, -0.2) is 4.39 Å². The summed E-state index contributed by atoms with van der Waals surface area (Å²) >= 11 is 0. The van der Waals surface area contributed by atoms with E-state index in [9.17, 15) is 83.1 Å². The number of alkyl halides is 17. The lowest BCUT2D eigenvalue weighted by molar-refractivity contribution is -0.451. The fraction of sp³-hybridized carbons (Fsp3) is 0.688. The quantitative estimate of drug-likeness (QED) is 0.232. The molecule has 0 amide bonds. The Morgan fingerprint density at radius 2 is 0.947 bits per heavy atom. The summed E-state index contributed by atoms with van der Waals surface area (Å²) in [6, 6.07) is 5.72. The highest BCUT2D eigenvalue weighted by Crippen LogP contribution is 2.64. The zero-order valence-corrected chi connectivity index (χ0v) is 18.5. The van der Waals surface area contributed by atoms with Gasteiger partial charge in [0.25, 0.3) is 0 Å². The zero-order chi connectivity index (χ0) is 31.0. The molecule has 0 aliphatic rings. The standard InChI is InChI=1S/C11H7F17O3S.C5H5N/c1-2-3(12)4(13,14)5(15,16)6(17,18)7(19,20)8(21,22)9(23,24)10(25,26)11(27,28)32(29,30)31;1-2-4-6-5-3-1/h3H,2H2,1H3,(H,29,30,31);1-5H. The van der Waals surface area contributed by atoms with E-state index in [-0.39, 0.29) is 6.92 Å². The van der Waals surface area contributed by atoms with Crippen molar-refractivity contribution in [1.82, 2.24) is 4.98 Å². The third-order valence-corrected chi connectivity index (χ3v) is 5.30. The van der Waals surface area contributed by atoms with Crippen molar-refractivity contribution in [3.63, 3.8) is 0 Å². The summed E-state index contributed by atoms with van der Waals surface area (Å²) in [5.41, 5.74) is 0. The van der Waals surface area contributed by atoms with Gasteiger partial charge in [-0.15, -0.1) is 0 Å². The average molecular weight is 621 g/mol. The highest BCUT2D eigenvalue weighted by atomic mass is 32.2. The van der Waals surface area contributed by atoms with Gasteiger partial charge >= 0.3 is 56.8 Å². The van der Waals surface area contributed by atoms with Gasteiger partial charge in [0, 0.05) is 12.4 Å². The molecule has 1 unspecified atom stereocenters. The second kappa shape index (κ2) is 10.5. The van der Waals surface area contributed by atoms with Crippen LogP contribution in [0.2, 0.25) is 0 Å². The lowest BCUT2D eigenvalue weighted by Gasteiger charge is -2.43. The number of pyridine rings is 1. The molecule has 0 radical (unpaired) electrons. The van der Waals surface area contributed by atoms with Crippen LogP contribution in [0.15, 0.2) is 30.6 Å². The lowest BCUT2D eigenvalue weighted by Crippen LogP contribution is -2.75. The van der Waals surface area contributed by atoms with E-state index in [1.54, 1.807) is 12.4 Å². The normalized spacial score (nSPS) is 16.0. The second-order valence-electron chi connectivity index (χ2n) is 6.96. The predicted octanol–water partition coefficient (Wildman–Crippen LogP) is 6.74. The maximum Gasteiger partial charge on any atom is 0.438 e.